The second-order valence-corrected chi connectivity index (χ2v) is 5.28. The summed E-state index contributed by atoms with van der Waals surface area (Å²) in [4.78, 5) is 15.5. The monoisotopic (exact) mass is 327 g/mol. The van der Waals surface area contributed by atoms with Crippen LogP contribution in [0, 0.1) is 11.6 Å². The smallest absolute Gasteiger partial charge is 0.282 e. The Morgan fingerprint density at radius 3 is 2.75 bits per heavy atom. The van der Waals surface area contributed by atoms with Crippen molar-refractivity contribution in [3.63, 3.8) is 0 Å². The van der Waals surface area contributed by atoms with Gasteiger partial charge in [-0.05, 0) is 30.3 Å². The van der Waals surface area contributed by atoms with Crippen LogP contribution in [0.3, 0.4) is 0 Å². The van der Waals surface area contributed by atoms with Crippen molar-refractivity contribution in [1.29, 1.82) is 0 Å². The van der Waals surface area contributed by atoms with Gasteiger partial charge in [0.25, 0.3) is 5.56 Å². The molecule has 2 aromatic rings. The van der Waals surface area contributed by atoms with E-state index in [-0.39, 0.29) is 11.4 Å². The van der Waals surface area contributed by atoms with Crippen LogP contribution in [0.4, 0.5) is 8.78 Å². The summed E-state index contributed by atoms with van der Waals surface area (Å²) in [6, 6.07) is 8.31. The van der Waals surface area contributed by atoms with E-state index in [1.54, 1.807) is 6.07 Å². The van der Waals surface area contributed by atoms with Crippen molar-refractivity contribution in [2.45, 2.75) is 0 Å². The third kappa shape index (κ3) is 2.05. The van der Waals surface area contributed by atoms with Crippen molar-refractivity contribution in [3.8, 4) is 22.7 Å². The zero-order valence-electron chi connectivity index (χ0n) is 12.5. The van der Waals surface area contributed by atoms with Gasteiger partial charge in [-0.25, -0.2) is 8.78 Å². The number of nitrogens with zero attached hydrogens (tertiary/aromatic N) is 2. The quantitative estimate of drug-likeness (QED) is 0.615. The van der Waals surface area contributed by atoms with Crippen molar-refractivity contribution in [2.75, 3.05) is 7.11 Å². The van der Waals surface area contributed by atoms with Crippen LogP contribution in [-0.4, -0.2) is 21.9 Å². The maximum absolute atomic E-state index is 13.9. The van der Waals surface area contributed by atoms with Gasteiger partial charge in [0.2, 0.25) is 0 Å². The molecule has 2 heterocycles. The molecule has 4 rings (SSSR count). The molecule has 0 saturated heterocycles. The van der Waals surface area contributed by atoms with Crippen LogP contribution in [0.25, 0.3) is 27.8 Å². The molecule has 0 fully saturated rings. The Kier molecular flexibility index (Phi) is 3.09. The molecule has 7 heteroatoms. The molecule has 0 saturated carbocycles. The Morgan fingerprint density at radius 1 is 1.17 bits per heavy atom. The molecule has 0 radical (unpaired) electrons. The normalized spacial score (nSPS) is 11.3. The third-order valence-corrected chi connectivity index (χ3v) is 3.87. The minimum Gasteiger partial charge on any atom is -0.494 e. The Labute approximate surface area is 134 Å². The third-order valence-electron chi connectivity index (χ3n) is 3.87. The zero-order chi connectivity index (χ0) is 16.8. The van der Waals surface area contributed by atoms with Crippen LogP contribution < -0.4 is 10.3 Å². The lowest BCUT2D eigenvalue weighted by Crippen LogP contribution is -2.14. The van der Waals surface area contributed by atoms with Gasteiger partial charge in [-0.15, -0.1) is 0 Å². The van der Waals surface area contributed by atoms with Crippen molar-refractivity contribution < 1.29 is 13.5 Å². The fourth-order valence-electron chi connectivity index (χ4n) is 2.69. The predicted octanol–water partition coefficient (Wildman–Crippen LogP) is 3.11. The van der Waals surface area contributed by atoms with E-state index >= 15 is 0 Å². The number of fused-ring (bicyclic) bond motifs is 3. The highest BCUT2D eigenvalue weighted by atomic mass is 19.1. The lowest BCUT2D eigenvalue weighted by atomic mass is 10.1. The Balaban J connectivity index is 2.00. The van der Waals surface area contributed by atoms with E-state index in [0.29, 0.717) is 22.2 Å². The first kappa shape index (κ1) is 14.4. The maximum Gasteiger partial charge on any atom is 0.282 e. The van der Waals surface area contributed by atoms with Gasteiger partial charge in [0.05, 0.1) is 18.4 Å². The highest BCUT2D eigenvalue weighted by Crippen LogP contribution is 2.27. The molecule has 2 aromatic carbocycles. The van der Waals surface area contributed by atoms with E-state index < -0.39 is 17.2 Å². The van der Waals surface area contributed by atoms with E-state index in [4.69, 9.17) is 4.74 Å². The van der Waals surface area contributed by atoms with E-state index in [1.165, 1.54) is 43.6 Å². The number of nitrogens with one attached hydrogen (secondary N) is 1. The summed E-state index contributed by atoms with van der Waals surface area (Å²) in [5, 5.41) is 4.74. The Morgan fingerprint density at radius 2 is 2.00 bits per heavy atom. The number of ether oxygens (including phenoxy) is 1. The SMILES string of the molecule is COc1ccc(-n2nc3c4cc(F)ccc4[nH]cc-3c2=O)cc1F. The van der Waals surface area contributed by atoms with Crippen LogP contribution in [-0.2, 0) is 0 Å². The first-order valence-corrected chi connectivity index (χ1v) is 7.12. The first-order valence-electron chi connectivity index (χ1n) is 7.12. The van der Waals surface area contributed by atoms with Crippen LogP contribution in [0.15, 0.2) is 47.4 Å². The second-order valence-electron chi connectivity index (χ2n) is 5.28. The minimum absolute atomic E-state index is 0.0729. The van der Waals surface area contributed by atoms with Crippen LogP contribution in [0.2, 0.25) is 0 Å². The van der Waals surface area contributed by atoms with E-state index in [0.717, 1.165) is 4.68 Å². The second kappa shape index (κ2) is 5.16. The number of pyridine rings is 1. The van der Waals surface area contributed by atoms with Gasteiger partial charge in [-0.2, -0.15) is 9.78 Å². The molecule has 0 spiro atoms. The zero-order valence-corrected chi connectivity index (χ0v) is 12.5. The largest absolute Gasteiger partial charge is 0.494 e. The van der Waals surface area contributed by atoms with Gasteiger partial charge < -0.3 is 9.72 Å². The molecular weight excluding hydrogens is 316 g/mol. The number of halogens is 2. The minimum atomic E-state index is -0.601. The maximum atomic E-state index is 13.9. The molecule has 0 bridgehead atoms. The Bertz CT molecular complexity index is 1100. The van der Waals surface area contributed by atoms with Gasteiger partial charge in [0, 0.05) is 23.2 Å². The topological polar surface area (TPSA) is 59.9 Å². The standard InChI is InChI=1S/C17H11F2N3O2/c1-24-15-5-3-10(7-13(15)19)22-17(23)12-8-20-14-4-2-9(18)6-11(14)16(12)21-22/h2-8,20H,1H3. The Hall–Kier alpha value is -3.22. The highest BCUT2D eigenvalue weighted by molar-refractivity contribution is 5.93. The van der Waals surface area contributed by atoms with E-state index in [9.17, 15) is 13.6 Å². The molecule has 0 aromatic heterocycles. The summed E-state index contributed by atoms with van der Waals surface area (Å²) < 4.78 is 33.4. The summed E-state index contributed by atoms with van der Waals surface area (Å²) >= 11 is 0. The highest BCUT2D eigenvalue weighted by Gasteiger charge is 2.20. The molecule has 2 aliphatic heterocycles. The van der Waals surface area contributed by atoms with Crippen LogP contribution in [0.1, 0.15) is 0 Å². The molecule has 120 valence electrons. The first-order chi connectivity index (χ1) is 11.6. The molecule has 1 N–H and O–H groups in total. The average molecular weight is 327 g/mol. The molecule has 0 unspecified atom stereocenters. The van der Waals surface area contributed by atoms with Crippen molar-refractivity contribution in [1.82, 2.24) is 14.8 Å². The fourth-order valence-corrected chi connectivity index (χ4v) is 2.69. The average Bonchev–Trinajstić information content (AvgIpc) is 2.92. The summed E-state index contributed by atoms with van der Waals surface area (Å²) in [5.74, 6) is -0.957. The molecular formula is C17H11F2N3O2. The van der Waals surface area contributed by atoms with Crippen LogP contribution >= 0.6 is 0 Å². The molecule has 0 amide bonds. The lowest BCUT2D eigenvalue weighted by Gasteiger charge is -2.04. The molecule has 24 heavy (non-hydrogen) atoms. The van der Waals surface area contributed by atoms with Gasteiger partial charge in [0.15, 0.2) is 11.6 Å². The predicted molar refractivity (Wildman–Crippen MR) is 84.8 cm³/mol. The summed E-state index contributed by atoms with van der Waals surface area (Å²) in [7, 11) is 1.36. The van der Waals surface area contributed by atoms with Gasteiger partial charge in [-0.3, -0.25) is 4.79 Å². The summed E-state index contributed by atoms with van der Waals surface area (Å²) in [6.07, 6.45) is 1.52. The number of hydrogen-bond acceptors (Lipinski definition) is 3. The number of methoxy groups -OCH3 is 1. The number of H-pyrrole nitrogens is 1. The van der Waals surface area contributed by atoms with Crippen molar-refractivity contribution in [2.24, 2.45) is 0 Å². The van der Waals surface area contributed by atoms with E-state index in [2.05, 4.69) is 10.1 Å². The van der Waals surface area contributed by atoms with Crippen molar-refractivity contribution in [3.05, 3.63) is 64.6 Å². The van der Waals surface area contributed by atoms with E-state index in [1.807, 2.05) is 0 Å². The number of aromatic nitrogens is 3. The molecule has 0 aliphatic carbocycles. The lowest BCUT2D eigenvalue weighted by molar-refractivity contribution is 0.386. The molecule has 5 nitrogen and oxygen atoms in total. The summed E-state index contributed by atoms with van der Waals surface area (Å²) in [6.45, 7) is 0. The van der Waals surface area contributed by atoms with Crippen molar-refractivity contribution >= 4 is 10.9 Å². The number of rotatable bonds is 2. The number of hydrogen-bond donors (Lipinski definition) is 1. The molecule has 2 aliphatic rings. The molecule has 0 atom stereocenters. The van der Waals surface area contributed by atoms with Gasteiger partial charge >= 0.3 is 0 Å². The van der Waals surface area contributed by atoms with Gasteiger partial charge in [-0.1, -0.05) is 0 Å². The van der Waals surface area contributed by atoms with Gasteiger partial charge in [0.1, 0.15) is 11.5 Å². The summed E-state index contributed by atoms with van der Waals surface area (Å²) in [5.41, 5.74) is 1.14. The number of aromatic amines is 1. The number of benzene rings is 2. The van der Waals surface area contributed by atoms with Crippen LogP contribution in [0.5, 0.6) is 5.75 Å². The fraction of sp³-hybridized carbons (Fsp3) is 0.0588.